The zero-order valence-electron chi connectivity index (χ0n) is 19.5. The summed E-state index contributed by atoms with van der Waals surface area (Å²) in [6.45, 7) is 5.82. The number of hydrogen-bond donors (Lipinski definition) is 1. The third kappa shape index (κ3) is 3.22. The first kappa shape index (κ1) is 21.2. The van der Waals surface area contributed by atoms with Crippen LogP contribution >= 0.6 is 0 Å². The molecule has 2 aliphatic rings. The van der Waals surface area contributed by atoms with Crippen LogP contribution in [0.4, 0.5) is 14.7 Å². The number of rotatable bonds is 3. The van der Waals surface area contributed by atoms with Crippen LogP contribution < -0.4 is 4.90 Å². The monoisotopic (exact) mass is 483 g/mol. The molecule has 0 saturated carbocycles. The highest BCUT2D eigenvalue weighted by Gasteiger charge is 2.40. The molecule has 1 aliphatic carbocycles. The largest absolute Gasteiger partial charge is 0.342 e. The van der Waals surface area contributed by atoms with Crippen LogP contribution in [0.5, 0.6) is 0 Å². The number of aromatic nitrogens is 6. The smallest absolute Gasteiger partial charge is 0.214 e. The Balaban J connectivity index is 1.22. The minimum Gasteiger partial charge on any atom is -0.342 e. The molecule has 0 bridgehead atoms. The van der Waals surface area contributed by atoms with Gasteiger partial charge in [0.15, 0.2) is 11.3 Å². The van der Waals surface area contributed by atoms with E-state index in [2.05, 4.69) is 56.1 Å². The molecule has 180 valence electrons. The Morgan fingerprint density at radius 1 is 1.00 bits per heavy atom. The average Bonchev–Trinajstić information content (AvgIpc) is 3.59. The molecule has 36 heavy (non-hydrogen) atoms. The van der Waals surface area contributed by atoms with E-state index in [1.807, 2.05) is 4.40 Å². The number of piperidine rings is 1. The van der Waals surface area contributed by atoms with E-state index in [0.717, 1.165) is 50.8 Å². The van der Waals surface area contributed by atoms with E-state index in [1.54, 1.807) is 6.33 Å². The molecular formula is C27H23F2N7. The van der Waals surface area contributed by atoms with Crippen molar-refractivity contribution >= 4 is 28.2 Å². The highest BCUT2D eigenvalue weighted by Crippen LogP contribution is 2.45. The quantitative estimate of drug-likeness (QED) is 0.402. The Labute approximate surface area is 205 Å². The minimum absolute atomic E-state index is 0.307. The number of halogens is 2. The van der Waals surface area contributed by atoms with E-state index in [4.69, 9.17) is 4.98 Å². The predicted molar refractivity (Wildman–Crippen MR) is 133 cm³/mol. The van der Waals surface area contributed by atoms with Gasteiger partial charge in [0.1, 0.15) is 23.7 Å². The standard InChI is InChI=1S/C27H23F2N7/c1-16(19-10-20(28)12-21(29)11-19)23-22-24(33-32-23)31-26(36-15-30-34-25(22)36)35-8-6-27(7-9-35)13-17-4-2-3-5-18(17)14-27/h2-5,10-12,15H,1,6-9,13-14H2,(H,32,33). The molecule has 0 radical (unpaired) electrons. The van der Waals surface area contributed by atoms with Crippen LogP contribution in [0.2, 0.25) is 0 Å². The summed E-state index contributed by atoms with van der Waals surface area (Å²) in [6, 6.07) is 12.1. The molecule has 1 fully saturated rings. The molecule has 9 heteroatoms. The lowest BCUT2D eigenvalue weighted by molar-refractivity contribution is 0.231. The second-order valence-corrected chi connectivity index (χ2v) is 9.98. The SMILES string of the molecule is C=C(c1cc(F)cc(F)c1)c1n[nH]c2nc(N3CCC4(CC3)Cc3ccccc3C4)n3cnnc3c12. The van der Waals surface area contributed by atoms with E-state index in [0.29, 0.717) is 38.9 Å². The lowest BCUT2D eigenvalue weighted by Gasteiger charge is -2.39. The second-order valence-electron chi connectivity index (χ2n) is 9.98. The maximum absolute atomic E-state index is 13.8. The molecule has 0 amide bonds. The van der Waals surface area contributed by atoms with Crippen molar-refractivity contribution in [1.82, 2.24) is 29.8 Å². The van der Waals surface area contributed by atoms with Crippen molar-refractivity contribution in [2.24, 2.45) is 5.41 Å². The van der Waals surface area contributed by atoms with E-state index in [1.165, 1.54) is 23.3 Å². The fourth-order valence-corrected chi connectivity index (χ4v) is 5.94. The van der Waals surface area contributed by atoms with Gasteiger partial charge in [-0.3, -0.25) is 9.50 Å². The summed E-state index contributed by atoms with van der Waals surface area (Å²) in [7, 11) is 0. The lowest BCUT2D eigenvalue weighted by atomic mass is 9.76. The van der Waals surface area contributed by atoms with Crippen molar-refractivity contribution in [3.05, 3.63) is 89.4 Å². The van der Waals surface area contributed by atoms with Crippen LogP contribution in [0.25, 0.3) is 22.3 Å². The normalized spacial score (nSPS) is 16.8. The predicted octanol–water partition coefficient (Wildman–Crippen LogP) is 4.73. The molecule has 4 heterocycles. The van der Waals surface area contributed by atoms with E-state index < -0.39 is 11.6 Å². The Morgan fingerprint density at radius 2 is 1.69 bits per heavy atom. The van der Waals surface area contributed by atoms with Gasteiger partial charge >= 0.3 is 0 Å². The van der Waals surface area contributed by atoms with Crippen molar-refractivity contribution in [3.63, 3.8) is 0 Å². The topological polar surface area (TPSA) is 75.0 Å². The number of aromatic amines is 1. The Hall–Kier alpha value is -4.14. The number of hydrogen-bond acceptors (Lipinski definition) is 5. The average molecular weight is 484 g/mol. The van der Waals surface area contributed by atoms with Crippen molar-refractivity contribution in [2.45, 2.75) is 25.7 Å². The molecule has 5 aromatic rings. The first-order valence-corrected chi connectivity index (χ1v) is 12.0. The summed E-state index contributed by atoms with van der Waals surface area (Å²) in [5.41, 5.74) is 5.51. The third-order valence-electron chi connectivity index (χ3n) is 7.80. The highest BCUT2D eigenvalue weighted by molar-refractivity contribution is 6.01. The molecule has 1 aliphatic heterocycles. The van der Waals surface area contributed by atoms with Gasteiger partial charge in [-0.2, -0.15) is 10.1 Å². The minimum atomic E-state index is -0.674. The van der Waals surface area contributed by atoms with Gasteiger partial charge in [-0.15, -0.1) is 10.2 Å². The fraction of sp³-hybridized carbons (Fsp3) is 0.259. The summed E-state index contributed by atoms with van der Waals surface area (Å²) in [4.78, 5) is 7.17. The molecule has 7 rings (SSSR count). The highest BCUT2D eigenvalue weighted by atomic mass is 19.1. The van der Waals surface area contributed by atoms with Gasteiger partial charge < -0.3 is 4.90 Å². The van der Waals surface area contributed by atoms with Crippen molar-refractivity contribution in [3.8, 4) is 0 Å². The van der Waals surface area contributed by atoms with Crippen LogP contribution in [-0.4, -0.2) is 42.9 Å². The molecular weight excluding hydrogens is 460 g/mol. The van der Waals surface area contributed by atoms with Gasteiger partial charge in [0.05, 0.1) is 5.39 Å². The summed E-state index contributed by atoms with van der Waals surface area (Å²) in [6.07, 6.45) is 6.09. The zero-order chi connectivity index (χ0) is 24.4. The number of anilines is 1. The maximum atomic E-state index is 13.8. The first-order chi connectivity index (χ1) is 17.5. The van der Waals surface area contributed by atoms with Crippen LogP contribution in [0.15, 0.2) is 55.4 Å². The summed E-state index contributed by atoms with van der Waals surface area (Å²) >= 11 is 0. The molecule has 2 aromatic carbocycles. The molecule has 1 saturated heterocycles. The van der Waals surface area contributed by atoms with E-state index >= 15 is 0 Å². The van der Waals surface area contributed by atoms with Gasteiger partial charge in [0, 0.05) is 24.7 Å². The van der Waals surface area contributed by atoms with Crippen molar-refractivity contribution in [2.75, 3.05) is 18.0 Å². The van der Waals surface area contributed by atoms with Gasteiger partial charge in [0.25, 0.3) is 0 Å². The number of nitrogens with one attached hydrogen (secondary N) is 1. The van der Waals surface area contributed by atoms with Gasteiger partial charge in [0.2, 0.25) is 5.95 Å². The van der Waals surface area contributed by atoms with Gasteiger partial charge in [-0.25, -0.2) is 8.78 Å². The van der Waals surface area contributed by atoms with Crippen molar-refractivity contribution < 1.29 is 8.78 Å². The number of nitrogens with zero attached hydrogens (tertiary/aromatic N) is 6. The Bertz CT molecular complexity index is 1610. The molecule has 1 N–H and O–H groups in total. The number of benzene rings is 2. The summed E-state index contributed by atoms with van der Waals surface area (Å²) in [5, 5.41) is 16.5. The van der Waals surface area contributed by atoms with Crippen LogP contribution in [0.1, 0.15) is 35.2 Å². The summed E-state index contributed by atoms with van der Waals surface area (Å²) < 4.78 is 29.5. The van der Waals surface area contributed by atoms with Crippen LogP contribution in [0, 0.1) is 17.0 Å². The maximum Gasteiger partial charge on any atom is 0.214 e. The Morgan fingerprint density at radius 3 is 2.39 bits per heavy atom. The van der Waals surface area contributed by atoms with E-state index in [-0.39, 0.29) is 0 Å². The third-order valence-corrected chi connectivity index (χ3v) is 7.80. The van der Waals surface area contributed by atoms with Crippen LogP contribution in [-0.2, 0) is 12.8 Å². The zero-order valence-corrected chi connectivity index (χ0v) is 19.5. The van der Waals surface area contributed by atoms with Crippen molar-refractivity contribution in [1.29, 1.82) is 0 Å². The fourth-order valence-electron chi connectivity index (χ4n) is 5.94. The molecule has 3 aromatic heterocycles. The molecule has 1 spiro atoms. The molecule has 0 atom stereocenters. The number of fused-ring (bicyclic) bond motifs is 4. The molecule has 7 nitrogen and oxygen atoms in total. The number of H-pyrrole nitrogens is 1. The van der Waals surface area contributed by atoms with Gasteiger partial charge in [-0.1, -0.05) is 30.8 Å². The van der Waals surface area contributed by atoms with Gasteiger partial charge in [-0.05, 0) is 59.9 Å². The Kier molecular flexibility index (Phi) is 4.52. The summed E-state index contributed by atoms with van der Waals surface area (Å²) in [5.74, 6) is -0.593. The van der Waals surface area contributed by atoms with Crippen LogP contribution in [0.3, 0.4) is 0 Å². The van der Waals surface area contributed by atoms with E-state index in [9.17, 15) is 8.78 Å². The second kappa shape index (κ2) is 7.68. The first-order valence-electron chi connectivity index (χ1n) is 12.0. The molecule has 0 unspecified atom stereocenters. The lowest BCUT2D eigenvalue weighted by Crippen LogP contribution is -2.41.